The minimum Gasteiger partial charge on any atom is -0.483 e. The molecule has 2 aromatic carbocycles. The Morgan fingerprint density at radius 3 is 2.56 bits per heavy atom. The van der Waals surface area contributed by atoms with Crippen LogP contribution >= 0.6 is 0 Å². The molecular formula is C19H18N4O4. The molecule has 0 aliphatic rings. The summed E-state index contributed by atoms with van der Waals surface area (Å²) in [6.07, 6.45) is 0. The zero-order valence-electron chi connectivity index (χ0n) is 14.9. The topological polar surface area (TPSA) is 99.3 Å². The highest BCUT2D eigenvalue weighted by molar-refractivity contribution is 5.91. The lowest BCUT2D eigenvalue weighted by Crippen LogP contribution is -2.22. The number of hydrogen-bond donors (Lipinski definition) is 1. The zero-order valence-corrected chi connectivity index (χ0v) is 14.9. The van der Waals surface area contributed by atoms with Gasteiger partial charge in [-0.05, 0) is 37.6 Å². The summed E-state index contributed by atoms with van der Waals surface area (Å²) in [7, 11) is 0. The third-order valence-electron chi connectivity index (χ3n) is 3.86. The summed E-state index contributed by atoms with van der Waals surface area (Å²) >= 11 is 0. The number of benzene rings is 2. The van der Waals surface area contributed by atoms with Crippen LogP contribution < -0.4 is 10.1 Å². The number of nitrogens with zero attached hydrogens (tertiary/aromatic N) is 3. The van der Waals surface area contributed by atoms with Crippen LogP contribution in [0.3, 0.4) is 0 Å². The molecule has 1 N–H and O–H groups in total. The quantitative estimate of drug-likeness (QED) is 0.532. The van der Waals surface area contributed by atoms with Crippen molar-refractivity contribution in [2.75, 3.05) is 11.9 Å². The summed E-state index contributed by atoms with van der Waals surface area (Å²) in [5, 5.41) is 17.9. The Hall–Kier alpha value is -3.68. The molecule has 0 atom stereocenters. The number of nitrogens with one attached hydrogen (secondary N) is 1. The highest BCUT2D eigenvalue weighted by Crippen LogP contribution is 2.20. The zero-order chi connectivity index (χ0) is 19.4. The molecule has 0 fully saturated rings. The van der Waals surface area contributed by atoms with Crippen LogP contribution in [0.2, 0.25) is 0 Å². The molecule has 138 valence electrons. The number of anilines is 1. The standard InChI is InChI=1S/C19H18N4O4/c1-13-5-3-4-6-17(13)27-12-19(24)20-18-11-14(2)21-22(18)15-7-9-16(10-8-15)23(25)26/h3-11H,12H2,1-2H3,(H,20,24). The molecule has 0 aliphatic heterocycles. The average Bonchev–Trinajstić information content (AvgIpc) is 3.01. The Morgan fingerprint density at radius 1 is 1.19 bits per heavy atom. The second-order valence-electron chi connectivity index (χ2n) is 5.96. The molecule has 0 unspecified atom stereocenters. The van der Waals surface area contributed by atoms with E-state index < -0.39 is 4.92 Å². The third-order valence-corrected chi connectivity index (χ3v) is 3.86. The predicted molar refractivity (Wildman–Crippen MR) is 100 cm³/mol. The highest BCUT2D eigenvalue weighted by atomic mass is 16.6. The van der Waals surface area contributed by atoms with E-state index in [-0.39, 0.29) is 18.2 Å². The molecule has 0 aliphatic carbocycles. The minimum atomic E-state index is -0.469. The summed E-state index contributed by atoms with van der Waals surface area (Å²) in [5.74, 6) is 0.772. The van der Waals surface area contributed by atoms with Gasteiger partial charge in [0.15, 0.2) is 6.61 Å². The first-order valence-corrected chi connectivity index (χ1v) is 8.24. The van der Waals surface area contributed by atoms with Gasteiger partial charge in [-0.15, -0.1) is 0 Å². The largest absolute Gasteiger partial charge is 0.483 e. The number of rotatable bonds is 6. The van der Waals surface area contributed by atoms with Crippen LogP contribution in [0.5, 0.6) is 5.75 Å². The summed E-state index contributed by atoms with van der Waals surface area (Å²) in [6, 6.07) is 15.1. The van der Waals surface area contributed by atoms with Crippen molar-refractivity contribution in [2.24, 2.45) is 0 Å². The molecule has 8 heteroatoms. The van der Waals surface area contributed by atoms with Crippen LogP contribution in [0.25, 0.3) is 5.69 Å². The fourth-order valence-corrected chi connectivity index (χ4v) is 2.54. The first-order chi connectivity index (χ1) is 12.9. The maximum absolute atomic E-state index is 12.3. The van der Waals surface area contributed by atoms with Gasteiger partial charge in [-0.3, -0.25) is 14.9 Å². The van der Waals surface area contributed by atoms with Crippen molar-refractivity contribution < 1.29 is 14.5 Å². The molecule has 3 rings (SSSR count). The van der Waals surface area contributed by atoms with Gasteiger partial charge in [0.1, 0.15) is 11.6 Å². The van der Waals surface area contributed by atoms with Gasteiger partial charge in [-0.2, -0.15) is 5.10 Å². The van der Waals surface area contributed by atoms with E-state index in [1.807, 2.05) is 25.1 Å². The van der Waals surface area contributed by atoms with Crippen LogP contribution in [0.1, 0.15) is 11.3 Å². The van der Waals surface area contributed by atoms with Crippen molar-refractivity contribution in [2.45, 2.75) is 13.8 Å². The lowest BCUT2D eigenvalue weighted by Gasteiger charge is -2.11. The van der Waals surface area contributed by atoms with Gasteiger partial charge in [-0.1, -0.05) is 18.2 Å². The number of hydrogen-bond acceptors (Lipinski definition) is 5. The van der Waals surface area contributed by atoms with E-state index in [1.54, 1.807) is 31.2 Å². The van der Waals surface area contributed by atoms with Crippen molar-refractivity contribution >= 4 is 17.4 Å². The molecule has 3 aromatic rings. The molecule has 0 spiro atoms. The summed E-state index contributed by atoms with van der Waals surface area (Å²) in [5.41, 5.74) is 2.23. The number of para-hydroxylation sites is 1. The van der Waals surface area contributed by atoms with E-state index >= 15 is 0 Å². The van der Waals surface area contributed by atoms with Crippen molar-refractivity contribution in [3.8, 4) is 11.4 Å². The number of non-ortho nitro benzene ring substituents is 1. The van der Waals surface area contributed by atoms with Gasteiger partial charge in [0, 0.05) is 18.2 Å². The normalized spacial score (nSPS) is 10.4. The molecule has 0 saturated heterocycles. The van der Waals surface area contributed by atoms with Gasteiger partial charge < -0.3 is 10.1 Å². The van der Waals surface area contributed by atoms with Gasteiger partial charge in [0.2, 0.25) is 0 Å². The van der Waals surface area contributed by atoms with E-state index in [2.05, 4.69) is 10.4 Å². The first kappa shape index (κ1) is 18.1. The monoisotopic (exact) mass is 366 g/mol. The Morgan fingerprint density at radius 2 is 1.89 bits per heavy atom. The second-order valence-corrected chi connectivity index (χ2v) is 5.96. The SMILES string of the molecule is Cc1cc(NC(=O)COc2ccccc2C)n(-c2ccc([N+](=O)[O-])cc2)n1. The van der Waals surface area contributed by atoms with Crippen molar-refractivity contribution in [3.63, 3.8) is 0 Å². The number of carbonyl (C=O) groups excluding carboxylic acids is 1. The number of ether oxygens (including phenoxy) is 1. The molecule has 1 amide bonds. The maximum atomic E-state index is 12.3. The molecule has 8 nitrogen and oxygen atoms in total. The Balaban J connectivity index is 1.73. The lowest BCUT2D eigenvalue weighted by atomic mass is 10.2. The van der Waals surface area contributed by atoms with Crippen molar-refractivity contribution in [1.82, 2.24) is 9.78 Å². The van der Waals surface area contributed by atoms with Crippen molar-refractivity contribution in [3.05, 3.63) is 76.0 Å². The third kappa shape index (κ3) is 4.30. The molecule has 0 saturated carbocycles. The molecule has 1 heterocycles. The predicted octanol–water partition coefficient (Wildman–Crippen LogP) is 3.41. The molecule has 0 bridgehead atoms. The lowest BCUT2D eigenvalue weighted by molar-refractivity contribution is -0.384. The van der Waals surface area contributed by atoms with Crippen LogP contribution in [0.4, 0.5) is 11.5 Å². The second kappa shape index (κ2) is 7.69. The Labute approximate surface area is 155 Å². The fourth-order valence-electron chi connectivity index (χ4n) is 2.54. The van der Waals surface area contributed by atoms with Crippen LogP contribution in [-0.2, 0) is 4.79 Å². The number of nitro groups is 1. The summed E-state index contributed by atoms with van der Waals surface area (Å²) < 4.78 is 7.07. The highest BCUT2D eigenvalue weighted by Gasteiger charge is 2.13. The summed E-state index contributed by atoms with van der Waals surface area (Å²) in [6.45, 7) is 3.55. The molecule has 0 radical (unpaired) electrons. The maximum Gasteiger partial charge on any atom is 0.269 e. The van der Waals surface area contributed by atoms with E-state index in [0.717, 1.165) is 5.56 Å². The minimum absolute atomic E-state index is 0.0140. The Kier molecular flexibility index (Phi) is 5.16. The van der Waals surface area contributed by atoms with E-state index in [1.165, 1.54) is 16.8 Å². The van der Waals surface area contributed by atoms with Crippen molar-refractivity contribution in [1.29, 1.82) is 0 Å². The smallest absolute Gasteiger partial charge is 0.269 e. The van der Waals surface area contributed by atoms with E-state index in [4.69, 9.17) is 4.74 Å². The molecule has 1 aromatic heterocycles. The van der Waals surface area contributed by atoms with Gasteiger partial charge in [0.25, 0.3) is 11.6 Å². The fraction of sp³-hybridized carbons (Fsp3) is 0.158. The first-order valence-electron chi connectivity index (χ1n) is 8.24. The number of amides is 1. The number of aryl methyl sites for hydroxylation is 2. The van der Waals surface area contributed by atoms with Crippen LogP contribution in [0, 0.1) is 24.0 Å². The number of nitro benzene ring substituents is 1. The average molecular weight is 366 g/mol. The summed E-state index contributed by atoms with van der Waals surface area (Å²) in [4.78, 5) is 22.6. The number of aromatic nitrogens is 2. The van der Waals surface area contributed by atoms with Gasteiger partial charge in [-0.25, -0.2) is 4.68 Å². The van der Waals surface area contributed by atoms with Gasteiger partial charge >= 0.3 is 0 Å². The molecular weight excluding hydrogens is 348 g/mol. The van der Waals surface area contributed by atoms with Gasteiger partial charge in [0.05, 0.1) is 16.3 Å². The Bertz CT molecular complexity index is 980. The number of carbonyl (C=O) groups is 1. The van der Waals surface area contributed by atoms with Crippen LogP contribution in [-0.4, -0.2) is 27.2 Å². The van der Waals surface area contributed by atoms with E-state index in [0.29, 0.717) is 22.9 Å². The molecule has 27 heavy (non-hydrogen) atoms. The van der Waals surface area contributed by atoms with Crippen LogP contribution in [0.15, 0.2) is 54.6 Å². The van der Waals surface area contributed by atoms with E-state index in [9.17, 15) is 14.9 Å².